The van der Waals surface area contributed by atoms with Crippen LogP contribution in [-0.2, 0) is 22.7 Å². The molecule has 22 heavy (non-hydrogen) atoms. The summed E-state index contributed by atoms with van der Waals surface area (Å²) in [5.41, 5.74) is 0.669. The van der Waals surface area contributed by atoms with E-state index in [1.54, 1.807) is 33.3 Å². The number of amides is 2. The lowest BCUT2D eigenvalue weighted by atomic mass is 10.2. The molecule has 0 radical (unpaired) electrons. The van der Waals surface area contributed by atoms with Gasteiger partial charge in [-0.05, 0) is 24.8 Å². The number of aromatic nitrogens is 2. The summed E-state index contributed by atoms with van der Waals surface area (Å²) in [7, 11) is 0. The molecule has 6 nitrogen and oxygen atoms in total. The molecule has 1 N–H and O–H groups in total. The number of rotatable bonds is 5. The number of nitrogens with one attached hydrogen (secondary N) is 1. The Morgan fingerprint density at radius 2 is 2.41 bits per heavy atom. The van der Waals surface area contributed by atoms with E-state index in [0.717, 1.165) is 11.4 Å². The van der Waals surface area contributed by atoms with Crippen LogP contribution < -0.4 is 5.32 Å². The van der Waals surface area contributed by atoms with Gasteiger partial charge in [0.25, 0.3) is 0 Å². The van der Waals surface area contributed by atoms with E-state index in [2.05, 4.69) is 10.4 Å². The van der Waals surface area contributed by atoms with Gasteiger partial charge < -0.3 is 10.2 Å². The largest absolute Gasteiger partial charge is 0.326 e. The van der Waals surface area contributed by atoms with E-state index in [1.807, 2.05) is 24.4 Å². The van der Waals surface area contributed by atoms with Crippen molar-refractivity contribution >= 4 is 28.8 Å². The van der Waals surface area contributed by atoms with Gasteiger partial charge in [0.15, 0.2) is 0 Å². The fraction of sp³-hybridized carbons (Fsp3) is 0.400. The summed E-state index contributed by atoms with van der Waals surface area (Å²) in [6.45, 7) is 3.24. The molecule has 0 saturated carbocycles. The molecule has 2 aromatic rings. The Kier molecular flexibility index (Phi) is 4.24. The van der Waals surface area contributed by atoms with Crippen molar-refractivity contribution in [3.63, 3.8) is 0 Å². The Hall–Kier alpha value is -2.15. The van der Waals surface area contributed by atoms with Crippen molar-refractivity contribution in [2.24, 2.45) is 0 Å². The number of carbonyl (C=O) groups is 2. The van der Waals surface area contributed by atoms with E-state index in [0.29, 0.717) is 25.1 Å². The maximum Gasteiger partial charge on any atom is 0.247 e. The first kappa shape index (κ1) is 14.8. The predicted octanol–water partition coefficient (Wildman–Crippen LogP) is 2.09. The van der Waals surface area contributed by atoms with Gasteiger partial charge in [-0.2, -0.15) is 5.10 Å². The Bertz CT molecular complexity index is 665. The van der Waals surface area contributed by atoms with Crippen molar-refractivity contribution < 1.29 is 9.59 Å². The number of hydrogen-bond donors (Lipinski definition) is 1. The summed E-state index contributed by atoms with van der Waals surface area (Å²) < 4.78 is 1.75. The Morgan fingerprint density at radius 3 is 3.09 bits per heavy atom. The van der Waals surface area contributed by atoms with E-state index in [4.69, 9.17) is 0 Å². The number of nitrogens with zero attached hydrogens (tertiary/aromatic N) is 3. The zero-order valence-electron chi connectivity index (χ0n) is 12.4. The summed E-state index contributed by atoms with van der Waals surface area (Å²) in [4.78, 5) is 27.3. The quantitative estimate of drug-likeness (QED) is 0.918. The maximum absolute atomic E-state index is 12.5. The molecule has 1 fully saturated rings. The summed E-state index contributed by atoms with van der Waals surface area (Å²) in [5, 5.41) is 8.96. The third kappa shape index (κ3) is 3.04. The summed E-state index contributed by atoms with van der Waals surface area (Å²) >= 11 is 1.60. The molecule has 1 aliphatic heterocycles. The smallest absolute Gasteiger partial charge is 0.247 e. The van der Waals surface area contributed by atoms with Crippen molar-refractivity contribution in [1.82, 2.24) is 14.7 Å². The molecule has 1 saturated heterocycles. The predicted molar refractivity (Wildman–Crippen MR) is 84.4 cm³/mol. The summed E-state index contributed by atoms with van der Waals surface area (Å²) in [5.74, 6) is -0.101. The van der Waals surface area contributed by atoms with Crippen molar-refractivity contribution in [1.29, 1.82) is 0 Å². The lowest BCUT2D eigenvalue weighted by Crippen LogP contribution is -2.40. The van der Waals surface area contributed by atoms with Crippen LogP contribution in [-0.4, -0.2) is 32.5 Å². The third-order valence-electron chi connectivity index (χ3n) is 3.76. The zero-order valence-corrected chi connectivity index (χ0v) is 13.2. The summed E-state index contributed by atoms with van der Waals surface area (Å²) in [6, 6.07) is 3.53. The number of likely N-dealkylation sites (tertiary alicyclic amines) is 1. The highest BCUT2D eigenvalue weighted by Gasteiger charge is 2.36. The molecule has 116 valence electrons. The second-order valence-electron chi connectivity index (χ2n) is 5.23. The molecule has 0 aromatic carbocycles. The van der Waals surface area contributed by atoms with Gasteiger partial charge in [0.2, 0.25) is 11.8 Å². The van der Waals surface area contributed by atoms with Gasteiger partial charge >= 0.3 is 0 Å². The van der Waals surface area contributed by atoms with Crippen molar-refractivity contribution in [3.05, 3.63) is 34.8 Å². The molecule has 1 aliphatic rings. The summed E-state index contributed by atoms with van der Waals surface area (Å²) in [6.07, 6.45) is 4.41. The zero-order chi connectivity index (χ0) is 15.5. The standard InChI is InChI=1S/C15H18N4O2S/c1-2-18-9-11(8-16-18)17-15(21)13-5-6-14(20)19(13)10-12-4-3-7-22-12/h3-4,7-9,13H,2,5-6,10H2,1H3,(H,17,21). The van der Waals surface area contributed by atoms with Gasteiger partial charge in [-0.25, -0.2) is 0 Å². The average Bonchev–Trinajstić information content (AvgIpc) is 3.22. The average molecular weight is 318 g/mol. The van der Waals surface area contributed by atoms with E-state index < -0.39 is 6.04 Å². The van der Waals surface area contributed by atoms with Gasteiger partial charge in [0.05, 0.1) is 18.4 Å². The number of thiophene rings is 1. The molecule has 2 aromatic heterocycles. The lowest BCUT2D eigenvalue weighted by molar-refractivity contribution is -0.133. The Labute approximate surface area is 132 Å². The maximum atomic E-state index is 12.5. The molecule has 0 aliphatic carbocycles. The molecule has 3 heterocycles. The number of anilines is 1. The first-order valence-corrected chi connectivity index (χ1v) is 8.20. The number of carbonyl (C=O) groups excluding carboxylic acids is 2. The van der Waals surface area contributed by atoms with Crippen LogP contribution in [0.25, 0.3) is 0 Å². The van der Waals surface area contributed by atoms with Crippen LogP contribution in [0.3, 0.4) is 0 Å². The highest BCUT2D eigenvalue weighted by Crippen LogP contribution is 2.24. The monoisotopic (exact) mass is 318 g/mol. The highest BCUT2D eigenvalue weighted by molar-refractivity contribution is 7.09. The molecule has 1 unspecified atom stereocenters. The second kappa shape index (κ2) is 6.31. The first-order valence-electron chi connectivity index (χ1n) is 7.32. The first-order chi connectivity index (χ1) is 10.7. The molecular weight excluding hydrogens is 300 g/mol. The molecule has 7 heteroatoms. The molecule has 0 bridgehead atoms. The van der Waals surface area contributed by atoms with E-state index in [1.165, 1.54) is 0 Å². The molecule has 1 atom stereocenters. The minimum atomic E-state index is -0.403. The SMILES string of the molecule is CCn1cc(NC(=O)C2CCC(=O)N2Cc2cccs2)cn1. The number of hydrogen-bond acceptors (Lipinski definition) is 4. The van der Waals surface area contributed by atoms with E-state index >= 15 is 0 Å². The van der Waals surface area contributed by atoms with Crippen molar-refractivity contribution in [3.8, 4) is 0 Å². The normalized spacial score (nSPS) is 18.0. The highest BCUT2D eigenvalue weighted by atomic mass is 32.1. The Morgan fingerprint density at radius 1 is 1.55 bits per heavy atom. The van der Waals surface area contributed by atoms with E-state index in [-0.39, 0.29) is 11.8 Å². The van der Waals surface area contributed by atoms with Crippen LogP contribution in [0.5, 0.6) is 0 Å². The van der Waals surface area contributed by atoms with Crippen LogP contribution in [0.1, 0.15) is 24.6 Å². The molecular formula is C15H18N4O2S. The number of aryl methyl sites for hydroxylation is 1. The fourth-order valence-electron chi connectivity index (χ4n) is 2.60. The van der Waals surface area contributed by atoms with Crippen molar-refractivity contribution in [2.45, 2.75) is 38.9 Å². The van der Waals surface area contributed by atoms with Gasteiger partial charge in [-0.1, -0.05) is 6.07 Å². The minimum Gasteiger partial charge on any atom is -0.326 e. The topological polar surface area (TPSA) is 67.2 Å². The van der Waals surface area contributed by atoms with Gasteiger partial charge in [0, 0.05) is 24.0 Å². The second-order valence-corrected chi connectivity index (χ2v) is 6.26. The van der Waals surface area contributed by atoms with Gasteiger partial charge in [-0.15, -0.1) is 11.3 Å². The third-order valence-corrected chi connectivity index (χ3v) is 4.62. The lowest BCUT2D eigenvalue weighted by Gasteiger charge is -2.23. The molecule has 0 spiro atoms. The van der Waals surface area contributed by atoms with Crippen LogP contribution in [0.15, 0.2) is 29.9 Å². The van der Waals surface area contributed by atoms with Crippen LogP contribution >= 0.6 is 11.3 Å². The van der Waals surface area contributed by atoms with Crippen LogP contribution in [0.4, 0.5) is 5.69 Å². The van der Waals surface area contributed by atoms with Crippen molar-refractivity contribution in [2.75, 3.05) is 5.32 Å². The van der Waals surface area contributed by atoms with Crippen LogP contribution in [0, 0.1) is 0 Å². The Balaban J connectivity index is 1.68. The minimum absolute atomic E-state index is 0.0396. The van der Waals surface area contributed by atoms with Gasteiger partial charge in [0.1, 0.15) is 6.04 Å². The fourth-order valence-corrected chi connectivity index (χ4v) is 3.30. The molecule has 2 amide bonds. The van der Waals surface area contributed by atoms with E-state index in [9.17, 15) is 9.59 Å². The molecule has 3 rings (SSSR count). The van der Waals surface area contributed by atoms with Crippen LogP contribution in [0.2, 0.25) is 0 Å². The van der Waals surface area contributed by atoms with Gasteiger partial charge in [-0.3, -0.25) is 14.3 Å².